The van der Waals surface area contributed by atoms with Gasteiger partial charge in [-0.2, -0.15) is 5.10 Å². The lowest BCUT2D eigenvalue weighted by Crippen LogP contribution is -2.27. The van der Waals surface area contributed by atoms with Crippen molar-refractivity contribution in [2.45, 2.75) is 46.7 Å². The molecule has 7 nitrogen and oxygen atoms in total. The summed E-state index contributed by atoms with van der Waals surface area (Å²) in [5.41, 5.74) is 3.49. The molecular weight excluding hydrogens is 423 g/mol. The fourth-order valence-electron chi connectivity index (χ4n) is 4.28. The lowest BCUT2D eigenvalue weighted by Gasteiger charge is -2.37. The van der Waals surface area contributed by atoms with Crippen molar-refractivity contribution in [2.24, 2.45) is 4.74 Å². The lowest BCUT2D eigenvalue weighted by molar-refractivity contribution is -0.384. The molecule has 0 fully saturated rings. The molecule has 0 aliphatic heterocycles. The fourth-order valence-corrected chi connectivity index (χ4v) is 8.49. The summed E-state index contributed by atoms with van der Waals surface area (Å²) < 4.78 is 12.8. The summed E-state index contributed by atoms with van der Waals surface area (Å²) in [4.78, 5) is 11.0. The number of benzene rings is 2. The van der Waals surface area contributed by atoms with E-state index < -0.39 is 12.0 Å². The third kappa shape index (κ3) is 4.09. The molecule has 0 saturated carbocycles. The second-order valence-corrected chi connectivity index (χ2v) is 12.9. The second-order valence-electron chi connectivity index (χ2n) is 8.74. The minimum atomic E-state index is -2.26. The predicted molar refractivity (Wildman–Crippen MR) is 132 cm³/mol. The zero-order valence-corrected chi connectivity index (χ0v) is 20.7. The van der Waals surface area contributed by atoms with E-state index in [1.807, 2.05) is 41.9 Å². The van der Waals surface area contributed by atoms with Crippen molar-refractivity contribution in [2.75, 3.05) is 13.3 Å². The van der Waals surface area contributed by atoms with Gasteiger partial charge in [0, 0.05) is 29.6 Å². The molecule has 3 aromatic rings. The van der Waals surface area contributed by atoms with Gasteiger partial charge in [-0.25, -0.2) is 4.68 Å². The van der Waals surface area contributed by atoms with Crippen LogP contribution in [0.15, 0.2) is 53.3 Å². The second kappa shape index (κ2) is 8.91. The fraction of sp³-hybridized carbons (Fsp3) is 0.375. The minimum absolute atomic E-state index is 0.00101. The molecule has 0 amide bonds. The standard InChI is InChI=1S/C24H31N4O3P/c1-8-32(24(4,5)6,26-21-16-20(28(29)30)14-15-22(21)31-7)23-17(2)25-27(18(23)3)19-12-10-9-11-13-19/h9-16H,8H2,1-7H3. The highest BCUT2D eigenvalue weighted by atomic mass is 31.2. The lowest BCUT2D eigenvalue weighted by atomic mass is 10.2. The summed E-state index contributed by atoms with van der Waals surface area (Å²) in [6.45, 7) is 12.8. The van der Waals surface area contributed by atoms with Gasteiger partial charge in [0.05, 0.1) is 29.1 Å². The van der Waals surface area contributed by atoms with Gasteiger partial charge in [0.1, 0.15) is 11.4 Å². The molecule has 1 atom stereocenters. The van der Waals surface area contributed by atoms with Crippen molar-refractivity contribution in [3.63, 3.8) is 0 Å². The van der Waals surface area contributed by atoms with Gasteiger partial charge in [-0.05, 0) is 38.2 Å². The Morgan fingerprint density at radius 2 is 1.81 bits per heavy atom. The number of nitrogens with zero attached hydrogens (tertiary/aromatic N) is 4. The molecule has 3 rings (SSSR count). The van der Waals surface area contributed by atoms with Crippen molar-refractivity contribution < 1.29 is 9.66 Å². The first-order valence-corrected chi connectivity index (χ1v) is 12.5. The van der Waals surface area contributed by atoms with E-state index in [-0.39, 0.29) is 10.8 Å². The summed E-state index contributed by atoms with van der Waals surface area (Å²) in [7, 11) is -0.698. The molecule has 0 N–H and O–H groups in total. The van der Waals surface area contributed by atoms with E-state index in [4.69, 9.17) is 14.6 Å². The van der Waals surface area contributed by atoms with Crippen LogP contribution in [0.5, 0.6) is 5.75 Å². The molecular formula is C24H31N4O3P. The molecule has 2 aromatic carbocycles. The van der Waals surface area contributed by atoms with Crippen LogP contribution in [0.4, 0.5) is 11.4 Å². The number of ether oxygens (including phenoxy) is 1. The molecule has 32 heavy (non-hydrogen) atoms. The number of nitro groups is 1. The smallest absolute Gasteiger partial charge is 0.271 e. The van der Waals surface area contributed by atoms with Crippen LogP contribution in [-0.2, 0) is 0 Å². The maximum atomic E-state index is 11.4. The topological polar surface area (TPSA) is 82.6 Å². The van der Waals surface area contributed by atoms with Gasteiger partial charge in [0.25, 0.3) is 5.69 Å². The van der Waals surface area contributed by atoms with Crippen molar-refractivity contribution in [1.82, 2.24) is 9.78 Å². The van der Waals surface area contributed by atoms with Crippen molar-refractivity contribution in [3.05, 3.63) is 70.0 Å². The van der Waals surface area contributed by atoms with E-state index in [0.29, 0.717) is 11.4 Å². The maximum Gasteiger partial charge on any atom is 0.271 e. The van der Waals surface area contributed by atoms with Crippen LogP contribution in [0, 0.1) is 24.0 Å². The zero-order chi connectivity index (χ0) is 23.7. The number of methoxy groups -OCH3 is 1. The van der Waals surface area contributed by atoms with Gasteiger partial charge in [-0.15, -0.1) is 0 Å². The Balaban J connectivity index is 2.39. The summed E-state index contributed by atoms with van der Waals surface area (Å²) >= 11 is 0. The van der Waals surface area contributed by atoms with Gasteiger partial charge in [-0.3, -0.25) is 14.9 Å². The highest BCUT2D eigenvalue weighted by Gasteiger charge is 2.39. The number of rotatable bonds is 6. The van der Waals surface area contributed by atoms with E-state index in [1.54, 1.807) is 13.2 Å². The molecule has 0 bridgehead atoms. The highest BCUT2D eigenvalue weighted by Crippen LogP contribution is 2.63. The summed E-state index contributed by atoms with van der Waals surface area (Å²) in [6, 6.07) is 14.6. The Morgan fingerprint density at radius 1 is 1.16 bits per heavy atom. The van der Waals surface area contributed by atoms with Crippen molar-refractivity contribution >= 4 is 23.7 Å². The van der Waals surface area contributed by atoms with Crippen LogP contribution in [0.3, 0.4) is 0 Å². The Bertz CT molecular complexity index is 1190. The molecule has 8 heteroatoms. The van der Waals surface area contributed by atoms with E-state index in [0.717, 1.165) is 28.5 Å². The monoisotopic (exact) mass is 454 g/mol. The van der Waals surface area contributed by atoms with Crippen LogP contribution < -0.4 is 10.0 Å². The van der Waals surface area contributed by atoms with Gasteiger partial charge in [0.2, 0.25) is 0 Å². The normalized spacial score (nSPS) is 13.5. The highest BCUT2D eigenvalue weighted by molar-refractivity contribution is 7.75. The molecule has 170 valence electrons. The first kappa shape index (κ1) is 23.7. The Morgan fingerprint density at radius 3 is 2.34 bits per heavy atom. The largest absolute Gasteiger partial charge is 0.494 e. The molecule has 0 spiro atoms. The SMILES string of the molecule is CCP(=Nc1cc([N+](=O)[O-])ccc1OC)(c1c(C)nn(-c2ccccc2)c1C)C(C)(C)C. The van der Waals surface area contributed by atoms with E-state index in [1.165, 1.54) is 12.1 Å². The number of non-ortho nitro benzene ring substituents is 1. The van der Waals surface area contributed by atoms with Crippen molar-refractivity contribution in [3.8, 4) is 11.4 Å². The van der Waals surface area contributed by atoms with E-state index in [2.05, 4.69) is 34.6 Å². The van der Waals surface area contributed by atoms with Crippen LogP contribution >= 0.6 is 7.05 Å². The summed E-state index contributed by atoms with van der Waals surface area (Å²) in [5, 5.41) is 17.3. The molecule has 0 aliphatic rings. The number of aryl methyl sites for hydroxylation is 1. The van der Waals surface area contributed by atoms with Gasteiger partial charge in [-0.1, -0.05) is 45.9 Å². The molecule has 0 aliphatic carbocycles. The molecule has 1 unspecified atom stereocenters. The molecule has 0 saturated heterocycles. The van der Waals surface area contributed by atoms with Crippen LogP contribution in [0.25, 0.3) is 5.69 Å². The van der Waals surface area contributed by atoms with E-state index in [9.17, 15) is 10.1 Å². The average molecular weight is 455 g/mol. The Hall–Kier alpha value is -2.92. The Labute approximate surface area is 189 Å². The van der Waals surface area contributed by atoms with Gasteiger partial charge < -0.3 is 4.74 Å². The van der Waals surface area contributed by atoms with Crippen LogP contribution in [-0.4, -0.2) is 33.1 Å². The summed E-state index contributed by atoms with van der Waals surface area (Å²) in [6.07, 6.45) is 0.796. The minimum Gasteiger partial charge on any atom is -0.494 e. The van der Waals surface area contributed by atoms with Crippen LogP contribution in [0.1, 0.15) is 39.1 Å². The van der Waals surface area contributed by atoms with Gasteiger partial charge >= 0.3 is 0 Å². The predicted octanol–water partition coefficient (Wildman–Crippen LogP) is 6.38. The number of aromatic nitrogens is 2. The molecule has 0 radical (unpaired) electrons. The summed E-state index contributed by atoms with van der Waals surface area (Å²) in [5.74, 6) is 0.531. The average Bonchev–Trinajstić information content (AvgIpc) is 3.06. The number of hydrogen-bond acceptors (Lipinski definition) is 5. The maximum absolute atomic E-state index is 11.4. The first-order valence-electron chi connectivity index (χ1n) is 10.6. The van der Waals surface area contributed by atoms with Crippen molar-refractivity contribution in [1.29, 1.82) is 0 Å². The molecule has 1 heterocycles. The third-order valence-corrected chi connectivity index (χ3v) is 10.9. The molecule has 1 aromatic heterocycles. The van der Waals surface area contributed by atoms with Crippen LogP contribution in [0.2, 0.25) is 0 Å². The number of nitro benzene ring substituents is 1. The first-order chi connectivity index (χ1) is 15.1. The number of hydrogen-bond donors (Lipinski definition) is 0. The number of para-hydroxylation sites is 1. The van der Waals surface area contributed by atoms with E-state index >= 15 is 0 Å². The quantitative estimate of drug-likeness (QED) is 0.246. The third-order valence-electron chi connectivity index (χ3n) is 5.84. The zero-order valence-electron chi connectivity index (χ0n) is 19.8. The van der Waals surface area contributed by atoms with Gasteiger partial charge in [0.15, 0.2) is 0 Å². The Kier molecular flexibility index (Phi) is 6.61.